The van der Waals surface area contributed by atoms with Crippen molar-refractivity contribution >= 4 is 11.9 Å². The molecule has 1 fully saturated rings. The van der Waals surface area contributed by atoms with Crippen LogP contribution >= 0.6 is 0 Å². The van der Waals surface area contributed by atoms with Crippen molar-refractivity contribution in [3.05, 3.63) is 12.2 Å². The average molecular weight is 240 g/mol. The summed E-state index contributed by atoms with van der Waals surface area (Å²) in [7, 11) is 0. The number of carbonyl (C=O) groups excluding carboxylic acids is 1. The number of carboxylic acids is 1. The number of carbonyl (C=O) groups is 2. The van der Waals surface area contributed by atoms with Gasteiger partial charge in [0.2, 0.25) is 0 Å². The van der Waals surface area contributed by atoms with Gasteiger partial charge in [-0.05, 0) is 20.8 Å². The normalized spacial score (nSPS) is 35.0. The van der Waals surface area contributed by atoms with Gasteiger partial charge in [0.15, 0.2) is 0 Å². The van der Waals surface area contributed by atoms with Crippen LogP contribution in [0.1, 0.15) is 20.8 Å². The maximum atomic E-state index is 12.0. The second-order valence-corrected chi connectivity index (χ2v) is 5.37. The molecule has 2 aliphatic rings. The fourth-order valence-electron chi connectivity index (χ4n) is 2.25. The van der Waals surface area contributed by atoms with E-state index in [4.69, 9.17) is 14.6 Å². The van der Waals surface area contributed by atoms with Gasteiger partial charge < -0.3 is 14.6 Å². The van der Waals surface area contributed by atoms with Crippen LogP contribution in [-0.2, 0) is 19.1 Å². The molecule has 0 aromatic heterocycles. The van der Waals surface area contributed by atoms with E-state index in [2.05, 4.69) is 0 Å². The molecule has 0 radical (unpaired) electrons. The minimum Gasteiger partial charge on any atom is -0.481 e. The third kappa shape index (κ3) is 2.20. The van der Waals surface area contributed by atoms with E-state index in [9.17, 15) is 9.59 Å². The quantitative estimate of drug-likeness (QED) is 0.575. The van der Waals surface area contributed by atoms with Crippen LogP contribution < -0.4 is 0 Å². The van der Waals surface area contributed by atoms with Gasteiger partial charge in [0.1, 0.15) is 17.4 Å². The Bertz CT molecular complexity index is 379. The largest absolute Gasteiger partial charge is 0.481 e. The summed E-state index contributed by atoms with van der Waals surface area (Å²) >= 11 is 0. The Morgan fingerprint density at radius 2 is 1.71 bits per heavy atom. The standard InChI is InChI=1S/C12H16O5/c1-12(2,3)17-11(15)9-7-5-4-6(16-7)8(9)10(13)14/h4-9H,1-3H3,(H,13,14). The van der Waals surface area contributed by atoms with Gasteiger partial charge in [-0.15, -0.1) is 0 Å². The van der Waals surface area contributed by atoms with Crippen molar-refractivity contribution in [1.29, 1.82) is 0 Å². The lowest BCUT2D eigenvalue weighted by Crippen LogP contribution is -2.40. The minimum atomic E-state index is -1.02. The Kier molecular flexibility index (Phi) is 2.73. The molecule has 2 heterocycles. The zero-order chi connectivity index (χ0) is 12.8. The molecular formula is C12H16O5. The van der Waals surface area contributed by atoms with Gasteiger partial charge in [-0.2, -0.15) is 0 Å². The summed E-state index contributed by atoms with van der Waals surface area (Å²) in [6, 6.07) is 0. The van der Waals surface area contributed by atoms with Crippen LogP contribution in [-0.4, -0.2) is 34.9 Å². The maximum absolute atomic E-state index is 12.0. The van der Waals surface area contributed by atoms with E-state index < -0.39 is 41.6 Å². The zero-order valence-corrected chi connectivity index (χ0v) is 10.0. The number of hydrogen-bond acceptors (Lipinski definition) is 4. The molecule has 94 valence electrons. The first-order valence-corrected chi connectivity index (χ1v) is 5.59. The van der Waals surface area contributed by atoms with Crippen molar-refractivity contribution in [2.75, 3.05) is 0 Å². The summed E-state index contributed by atoms with van der Waals surface area (Å²) < 4.78 is 10.6. The molecule has 1 saturated heterocycles. The topological polar surface area (TPSA) is 72.8 Å². The number of carboxylic acid groups (broad SMARTS) is 1. The number of ether oxygens (including phenoxy) is 2. The van der Waals surface area contributed by atoms with E-state index in [1.807, 2.05) is 0 Å². The first-order valence-electron chi connectivity index (χ1n) is 5.59. The van der Waals surface area contributed by atoms with Crippen LogP contribution in [0.15, 0.2) is 12.2 Å². The van der Waals surface area contributed by atoms with Crippen molar-refractivity contribution in [2.24, 2.45) is 11.8 Å². The van der Waals surface area contributed by atoms with Crippen LogP contribution in [0.2, 0.25) is 0 Å². The smallest absolute Gasteiger partial charge is 0.313 e. The molecule has 0 saturated carbocycles. The molecule has 2 rings (SSSR count). The molecule has 17 heavy (non-hydrogen) atoms. The molecule has 0 aromatic carbocycles. The predicted molar refractivity (Wildman–Crippen MR) is 58.3 cm³/mol. The molecule has 5 nitrogen and oxygen atoms in total. The van der Waals surface area contributed by atoms with Crippen molar-refractivity contribution in [3.8, 4) is 0 Å². The minimum absolute atomic E-state index is 0.462. The molecule has 0 aromatic rings. The fourth-order valence-corrected chi connectivity index (χ4v) is 2.25. The average Bonchev–Trinajstić information content (AvgIpc) is 2.72. The Balaban J connectivity index is 2.17. The number of fused-ring (bicyclic) bond motifs is 2. The van der Waals surface area contributed by atoms with E-state index in [1.54, 1.807) is 32.9 Å². The van der Waals surface area contributed by atoms with E-state index in [-0.39, 0.29) is 0 Å². The zero-order valence-electron chi connectivity index (χ0n) is 10.0. The molecule has 0 amide bonds. The second-order valence-electron chi connectivity index (χ2n) is 5.37. The highest BCUT2D eigenvalue weighted by Gasteiger charge is 2.54. The Hall–Kier alpha value is -1.36. The summed E-state index contributed by atoms with van der Waals surface area (Å²) in [5, 5.41) is 9.13. The number of hydrogen-bond donors (Lipinski definition) is 1. The van der Waals surface area contributed by atoms with Gasteiger partial charge in [0.05, 0.1) is 12.2 Å². The summed E-state index contributed by atoms with van der Waals surface area (Å²) in [5.41, 5.74) is -0.619. The van der Waals surface area contributed by atoms with Gasteiger partial charge in [-0.3, -0.25) is 9.59 Å². The van der Waals surface area contributed by atoms with Crippen LogP contribution in [0.25, 0.3) is 0 Å². The van der Waals surface area contributed by atoms with Crippen molar-refractivity contribution in [1.82, 2.24) is 0 Å². The Morgan fingerprint density at radius 1 is 1.18 bits per heavy atom. The highest BCUT2D eigenvalue weighted by atomic mass is 16.6. The van der Waals surface area contributed by atoms with Crippen LogP contribution in [0.4, 0.5) is 0 Å². The highest BCUT2D eigenvalue weighted by Crippen LogP contribution is 2.40. The first kappa shape index (κ1) is 12.1. The van der Waals surface area contributed by atoms with Crippen molar-refractivity contribution in [3.63, 3.8) is 0 Å². The lowest BCUT2D eigenvalue weighted by atomic mass is 9.83. The van der Waals surface area contributed by atoms with E-state index in [0.717, 1.165) is 0 Å². The number of aliphatic carboxylic acids is 1. The molecule has 4 atom stereocenters. The summed E-state index contributed by atoms with van der Waals surface area (Å²) in [6.45, 7) is 5.26. The van der Waals surface area contributed by atoms with Gasteiger partial charge in [-0.25, -0.2) is 0 Å². The summed E-state index contributed by atoms with van der Waals surface area (Å²) in [5.74, 6) is -3.08. The molecule has 0 aliphatic carbocycles. The molecule has 4 unspecified atom stereocenters. The van der Waals surface area contributed by atoms with Crippen molar-refractivity contribution in [2.45, 2.75) is 38.6 Å². The molecule has 1 N–H and O–H groups in total. The first-order chi connectivity index (χ1) is 7.79. The maximum Gasteiger partial charge on any atom is 0.313 e. The molecular weight excluding hydrogens is 224 g/mol. The molecule has 2 aliphatic heterocycles. The Labute approximate surface area is 99.4 Å². The highest BCUT2D eigenvalue weighted by molar-refractivity contribution is 5.84. The third-order valence-corrected chi connectivity index (χ3v) is 2.86. The van der Waals surface area contributed by atoms with Crippen LogP contribution in [0.5, 0.6) is 0 Å². The lowest BCUT2D eigenvalue weighted by Gasteiger charge is -2.26. The third-order valence-electron chi connectivity index (χ3n) is 2.86. The lowest BCUT2D eigenvalue weighted by molar-refractivity contribution is -0.165. The molecule has 0 spiro atoms. The monoisotopic (exact) mass is 240 g/mol. The molecule has 2 bridgehead atoms. The summed E-state index contributed by atoms with van der Waals surface area (Å²) in [4.78, 5) is 23.1. The number of rotatable bonds is 2. The van der Waals surface area contributed by atoms with Crippen LogP contribution in [0, 0.1) is 11.8 Å². The Morgan fingerprint density at radius 3 is 2.18 bits per heavy atom. The van der Waals surface area contributed by atoms with Gasteiger partial charge in [0, 0.05) is 0 Å². The van der Waals surface area contributed by atoms with Crippen LogP contribution in [0.3, 0.4) is 0 Å². The van der Waals surface area contributed by atoms with Gasteiger partial charge >= 0.3 is 11.9 Å². The SMILES string of the molecule is CC(C)(C)OC(=O)C1C2C=CC(O2)C1C(=O)O. The van der Waals surface area contributed by atoms with E-state index in [0.29, 0.717) is 0 Å². The number of esters is 1. The van der Waals surface area contributed by atoms with Gasteiger partial charge in [0.25, 0.3) is 0 Å². The predicted octanol–water partition coefficient (Wildman–Crippen LogP) is 0.982. The second kappa shape index (κ2) is 3.84. The fraction of sp³-hybridized carbons (Fsp3) is 0.667. The van der Waals surface area contributed by atoms with E-state index in [1.165, 1.54) is 0 Å². The molecule has 5 heteroatoms. The van der Waals surface area contributed by atoms with E-state index >= 15 is 0 Å². The van der Waals surface area contributed by atoms with Gasteiger partial charge in [-0.1, -0.05) is 12.2 Å². The van der Waals surface area contributed by atoms with Crippen molar-refractivity contribution < 1.29 is 24.2 Å². The summed E-state index contributed by atoms with van der Waals surface area (Å²) in [6.07, 6.45) is 2.47.